The molecule has 8 heteroatoms. The normalized spacial score (nSPS) is 10.9. The number of nitrogens with zero attached hydrogens (tertiary/aromatic N) is 2. The van der Waals surface area contributed by atoms with Gasteiger partial charge in [-0.2, -0.15) is 0 Å². The van der Waals surface area contributed by atoms with Gasteiger partial charge in [0.1, 0.15) is 11.4 Å². The Kier molecular flexibility index (Phi) is 4.26. The van der Waals surface area contributed by atoms with Crippen molar-refractivity contribution < 1.29 is 9.72 Å². The van der Waals surface area contributed by atoms with Gasteiger partial charge in [-0.15, -0.1) is 0 Å². The molecule has 1 heterocycles. The Morgan fingerprint density at radius 3 is 2.63 bits per heavy atom. The summed E-state index contributed by atoms with van der Waals surface area (Å²) in [4.78, 5) is 25.7. The van der Waals surface area contributed by atoms with Crippen molar-refractivity contribution in [3.05, 3.63) is 22.2 Å². The van der Waals surface area contributed by atoms with Gasteiger partial charge in [0.25, 0.3) is 0 Å². The lowest BCUT2D eigenvalue weighted by atomic mass is 10.1. The van der Waals surface area contributed by atoms with Gasteiger partial charge in [0, 0.05) is 12.6 Å². The molecule has 1 aromatic heterocycles. The number of pyridine rings is 1. The number of nitro groups is 1. The minimum absolute atomic E-state index is 0.00671. The highest BCUT2D eigenvalue weighted by atomic mass is 16.6. The Bertz CT molecular complexity index is 501. The second-order valence-electron chi connectivity index (χ2n) is 4.47. The molecule has 1 aromatic rings. The molecule has 1 amide bonds. The molecule has 0 radical (unpaired) electrons. The summed E-state index contributed by atoms with van der Waals surface area (Å²) in [6.07, 6.45) is 0. The molecule has 0 aliphatic heterocycles. The van der Waals surface area contributed by atoms with Crippen LogP contribution in [0.4, 0.5) is 17.3 Å². The van der Waals surface area contributed by atoms with Gasteiger partial charge in [0.2, 0.25) is 11.7 Å². The van der Waals surface area contributed by atoms with Gasteiger partial charge < -0.3 is 16.4 Å². The molecule has 0 unspecified atom stereocenters. The molecule has 1 rings (SSSR count). The van der Waals surface area contributed by atoms with E-state index in [4.69, 9.17) is 5.73 Å². The van der Waals surface area contributed by atoms with Crippen molar-refractivity contribution in [1.29, 1.82) is 0 Å². The van der Waals surface area contributed by atoms with Gasteiger partial charge in [-0.3, -0.25) is 14.9 Å². The van der Waals surface area contributed by atoms with E-state index in [0.717, 1.165) is 0 Å². The van der Waals surface area contributed by atoms with Crippen LogP contribution in [0.25, 0.3) is 0 Å². The number of rotatable bonds is 6. The second-order valence-corrected chi connectivity index (χ2v) is 4.47. The van der Waals surface area contributed by atoms with Crippen LogP contribution in [0.3, 0.4) is 0 Å². The summed E-state index contributed by atoms with van der Waals surface area (Å²) in [5.74, 6) is -0.138. The van der Waals surface area contributed by atoms with Crippen molar-refractivity contribution in [1.82, 2.24) is 4.98 Å². The Labute approximate surface area is 110 Å². The monoisotopic (exact) mass is 267 g/mol. The Morgan fingerprint density at radius 2 is 2.16 bits per heavy atom. The highest BCUT2D eigenvalue weighted by Crippen LogP contribution is 2.26. The summed E-state index contributed by atoms with van der Waals surface area (Å²) in [6.45, 7) is 5.56. The fourth-order valence-corrected chi connectivity index (χ4v) is 1.33. The van der Waals surface area contributed by atoms with E-state index < -0.39 is 16.4 Å². The van der Waals surface area contributed by atoms with Gasteiger partial charge >= 0.3 is 5.69 Å². The van der Waals surface area contributed by atoms with Crippen LogP contribution in [0.15, 0.2) is 12.1 Å². The van der Waals surface area contributed by atoms with Crippen LogP contribution in [0.5, 0.6) is 0 Å². The summed E-state index contributed by atoms with van der Waals surface area (Å²) >= 11 is 0. The van der Waals surface area contributed by atoms with E-state index in [1.807, 2.05) is 6.92 Å². The number of aromatic nitrogens is 1. The lowest BCUT2D eigenvalue weighted by Crippen LogP contribution is -2.45. The van der Waals surface area contributed by atoms with Crippen LogP contribution >= 0.6 is 0 Å². The maximum absolute atomic E-state index is 11.3. The zero-order valence-electron chi connectivity index (χ0n) is 11.1. The van der Waals surface area contributed by atoms with Crippen LogP contribution in [0.2, 0.25) is 0 Å². The maximum Gasteiger partial charge on any atom is 0.311 e. The zero-order chi connectivity index (χ0) is 14.6. The van der Waals surface area contributed by atoms with Crippen molar-refractivity contribution in [2.45, 2.75) is 26.3 Å². The minimum Gasteiger partial charge on any atom is -0.370 e. The van der Waals surface area contributed by atoms with Crippen molar-refractivity contribution in [2.75, 3.05) is 17.2 Å². The third kappa shape index (κ3) is 3.54. The summed E-state index contributed by atoms with van der Waals surface area (Å²) in [5.41, 5.74) is 3.88. The molecule has 0 saturated carbocycles. The number of nitrogens with two attached hydrogens (primary N) is 1. The molecule has 8 nitrogen and oxygen atoms in total. The van der Waals surface area contributed by atoms with Gasteiger partial charge in [-0.05, 0) is 26.8 Å². The molecule has 0 atom stereocenters. The first-order chi connectivity index (χ1) is 8.77. The number of anilines is 2. The van der Waals surface area contributed by atoms with Crippen LogP contribution in [-0.4, -0.2) is 27.9 Å². The van der Waals surface area contributed by atoms with E-state index in [1.165, 1.54) is 26.0 Å². The third-order valence-corrected chi connectivity index (χ3v) is 2.48. The number of hydrogen-bond donors (Lipinski definition) is 3. The number of nitrogens with one attached hydrogen (secondary N) is 2. The Morgan fingerprint density at radius 1 is 1.53 bits per heavy atom. The average Bonchev–Trinajstić information content (AvgIpc) is 2.28. The molecule has 0 fully saturated rings. The Hall–Kier alpha value is -2.38. The van der Waals surface area contributed by atoms with Crippen LogP contribution in [0.1, 0.15) is 20.8 Å². The number of primary amides is 1. The van der Waals surface area contributed by atoms with Crippen LogP contribution in [0, 0.1) is 10.1 Å². The molecule has 0 bridgehead atoms. The van der Waals surface area contributed by atoms with Crippen molar-refractivity contribution in [3.8, 4) is 0 Å². The molecular weight excluding hydrogens is 250 g/mol. The summed E-state index contributed by atoms with van der Waals surface area (Å²) in [6, 6.07) is 2.83. The van der Waals surface area contributed by atoms with Crippen LogP contribution in [-0.2, 0) is 4.79 Å². The van der Waals surface area contributed by atoms with Crippen LogP contribution < -0.4 is 16.4 Å². The van der Waals surface area contributed by atoms with Gasteiger partial charge in [-0.1, -0.05) is 0 Å². The molecule has 104 valence electrons. The molecule has 0 aromatic carbocycles. The van der Waals surface area contributed by atoms with E-state index in [-0.39, 0.29) is 11.5 Å². The first-order valence-corrected chi connectivity index (χ1v) is 5.75. The van der Waals surface area contributed by atoms with E-state index in [1.54, 1.807) is 0 Å². The summed E-state index contributed by atoms with van der Waals surface area (Å²) in [7, 11) is 0. The van der Waals surface area contributed by atoms with Crippen molar-refractivity contribution in [3.63, 3.8) is 0 Å². The highest BCUT2D eigenvalue weighted by Gasteiger charge is 2.28. The largest absolute Gasteiger partial charge is 0.370 e. The summed E-state index contributed by atoms with van der Waals surface area (Å²) < 4.78 is 0. The van der Waals surface area contributed by atoms with E-state index >= 15 is 0 Å². The molecule has 0 saturated heterocycles. The molecule has 0 spiro atoms. The standard InChI is InChI=1S/C11H17N5O3/c1-4-13-8-6-5-7(16(18)19)9(14-8)15-11(2,3)10(12)17/h5-6H,4H2,1-3H3,(H2,12,17)(H2,13,14,15). The fraction of sp³-hybridized carbons (Fsp3) is 0.455. The number of carbonyl (C=O) groups excluding carboxylic acids is 1. The average molecular weight is 267 g/mol. The topological polar surface area (TPSA) is 123 Å². The molecule has 4 N–H and O–H groups in total. The van der Waals surface area contributed by atoms with E-state index in [9.17, 15) is 14.9 Å². The molecule has 0 aliphatic carbocycles. The smallest absolute Gasteiger partial charge is 0.311 e. The quantitative estimate of drug-likeness (QED) is 0.523. The first kappa shape index (κ1) is 14.7. The highest BCUT2D eigenvalue weighted by molar-refractivity contribution is 5.87. The SMILES string of the molecule is CCNc1ccc([N+](=O)[O-])c(NC(C)(C)C(N)=O)n1. The second kappa shape index (κ2) is 5.51. The van der Waals surface area contributed by atoms with E-state index in [2.05, 4.69) is 15.6 Å². The maximum atomic E-state index is 11.3. The minimum atomic E-state index is -1.14. The molecule has 19 heavy (non-hydrogen) atoms. The molecular formula is C11H17N5O3. The lowest BCUT2D eigenvalue weighted by Gasteiger charge is -2.22. The number of carbonyl (C=O) groups is 1. The fourth-order valence-electron chi connectivity index (χ4n) is 1.33. The van der Waals surface area contributed by atoms with Gasteiger partial charge in [0.15, 0.2) is 0 Å². The lowest BCUT2D eigenvalue weighted by molar-refractivity contribution is -0.384. The number of amides is 1. The third-order valence-electron chi connectivity index (χ3n) is 2.48. The zero-order valence-corrected chi connectivity index (χ0v) is 11.1. The van der Waals surface area contributed by atoms with Crippen molar-refractivity contribution >= 4 is 23.2 Å². The van der Waals surface area contributed by atoms with Gasteiger partial charge in [0.05, 0.1) is 4.92 Å². The number of hydrogen-bond acceptors (Lipinski definition) is 6. The Balaban J connectivity index is 3.18. The predicted molar refractivity (Wildman–Crippen MR) is 72.0 cm³/mol. The molecule has 0 aliphatic rings. The van der Waals surface area contributed by atoms with E-state index in [0.29, 0.717) is 12.4 Å². The predicted octanol–water partition coefficient (Wildman–Crippen LogP) is 1.10. The first-order valence-electron chi connectivity index (χ1n) is 5.75. The van der Waals surface area contributed by atoms with Gasteiger partial charge in [-0.25, -0.2) is 4.98 Å². The van der Waals surface area contributed by atoms with Crippen molar-refractivity contribution in [2.24, 2.45) is 5.73 Å². The summed E-state index contributed by atoms with van der Waals surface area (Å²) in [5, 5.41) is 16.6.